The first-order chi connectivity index (χ1) is 16.5. The molecule has 2 heterocycles. The number of hydrogen-bond acceptors (Lipinski definition) is 7. The molecule has 0 unspecified atom stereocenters. The van der Waals surface area contributed by atoms with E-state index in [1.165, 1.54) is 18.2 Å². The fourth-order valence-electron chi connectivity index (χ4n) is 4.15. The first kappa shape index (κ1) is 23.9. The van der Waals surface area contributed by atoms with Crippen molar-refractivity contribution in [1.29, 1.82) is 0 Å². The molecule has 9 nitrogen and oxygen atoms in total. The van der Waals surface area contributed by atoms with Crippen LogP contribution in [0.5, 0.6) is 11.5 Å². The van der Waals surface area contributed by atoms with Gasteiger partial charge in [0.15, 0.2) is 11.5 Å². The Morgan fingerprint density at radius 2 is 1.63 bits per heavy atom. The Bertz CT molecular complexity index is 1530. The van der Waals surface area contributed by atoms with E-state index in [9.17, 15) is 29.7 Å². The highest BCUT2D eigenvalue weighted by molar-refractivity contribution is 5.96. The third-order valence-electron chi connectivity index (χ3n) is 6.30. The number of rotatable bonds is 7. The van der Waals surface area contributed by atoms with Crippen molar-refractivity contribution in [2.75, 3.05) is 0 Å². The van der Waals surface area contributed by atoms with Gasteiger partial charge in [-0.05, 0) is 62.1 Å². The van der Waals surface area contributed by atoms with Crippen LogP contribution in [-0.2, 0) is 22.4 Å². The lowest BCUT2D eigenvalue weighted by Gasteiger charge is -2.15. The van der Waals surface area contributed by atoms with Gasteiger partial charge in [0.1, 0.15) is 23.0 Å². The summed E-state index contributed by atoms with van der Waals surface area (Å²) < 4.78 is 11.2. The largest absolute Gasteiger partial charge is 0.504 e. The van der Waals surface area contributed by atoms with Gasteiger partial charge in [-0.25, -0.2) is 9.59 Å². The Morgan fingerprint density at radius 1 is 0.943 bits per heavy atom. The number of aromatic hydroxyl groups is 2. The monoisotopic (exact) mass is 479 g/mol. The van der Waals surface area contributed by atoms with E-state index in [1.807, 2.05) is 19.9 Å². The van der Waals surface area contributed by atoms with E-state index in [0.29, 0.717) is 27.9 Å². The van der Waals surface area contributed by atoms with Crippen molar-refractivity contribution in [2.24, 2.45) is 0 Å². The van der Waals surface area contributed by atoms with Gasteiger partial charge in [0, 0.05) is 35.2 Å². The average Bonchev–Trinajstić information content (AvgIpc) is 3.07. The van der Waals surface area contributed by atoms with Gasteiger partial charge < -0.3 is 29.5 Å². The predicted molar refractivity (Wildman–Crippen MR) is 128 cm³/mol. The number of carbonyl (C=O) groups excluding carboxylic acids is 1. The predicted octanol–water partition coefficient (Wildman–Crippen LogP) is 3.62. The molecular formula is C26H25NO8. The molecule has 0 saturated heterocycles. The number of aryl methyl sites for hydroxylation is 3. The SMILES string of the molecule is Cc1oc2cc3oc(=O)c(CCC(=O)N[C@H](Cc4ccc(O)c(O)c4)C(=O)O)c(C)c3cc2c1C. The van der Waals surface area contributed by atoms with E-state index < -0.39 is 23.5 Å². The van der Waals surface area contributed by atoms with Gasteiger partial charge in [0.05, 0.1) is 0 Å². The molecule has 2 aromatic carbocycles. The molecule has 0 aliphatic rings. The minimum absolute atomic E-state index is 0.0731. The number of hydrogen-bond donors (Lipinski definition) is 4. The molecule has 1 amide bonds. The summed E-state index contributed by atoms with van der Waals surface area (Å²) >= 11 is 0. The summed E-state index contributed by atoms with van der Waals surface area (Å²) in [6, 6.07) is 6.29. The number of amides is 1. The lowest BCUT2D eigenvalue weighted by Crippen LogP contribution is -2.42. The third-order valence-corrected chi connectivity index (χ3v) is 6.30. The molecule has 0 aliphatic carbocycles. The molecule has 4 rings (SSSR count). The molecule has 0 bridgehead atoms. The normalized spacial score (nSPS) is 12.2. The number of carboxylic acids is 1. The summed E-state index contributed by atoms with van der Waals surface area (Å²) in [6.45, 7) is 5.60. The van der Waals surface area contributed by atoms with Crippen molar-refractivity contribution in [2.45, 2.75) is 46.1 Å². The molecule has 0 aliphatic heterocycles. The maximum absolute atomic E-state index is 12.6. The fraction of sp³-hybridized carbons (Fsp3) is 0.269. The summed E-state index contributed by atoms with van der Waals surface area (Å²) in [6.07, 6.45) is -0.136. The number of carboxylic acid groups (broad SMARTS) is 1. The van der Waals surface area contributed by atoms with E-state index in [2.05, 4.69) is 5.32 Å². The first-order valence-electron chi connectivity index (χ1n) is 11.0. The lowest BCUT2D eigenvalue weighted by molar-refractivity contribution is -0.141. The zero-order valence-corrected chi connectivity index (χ0v) is 19.5. The van der Waals surface area contributed by atoms with Crippen LogP contribution >= 0.6 is 0 Å². The van der Waals surface area contributed by atoms with Crippen LogP contribution < -0.4 is 10.9 Å². The standard InChI is InChI=1S/C26H25NO8/c1-12-14(3)34-22-11-23-18(10-17(12)22)13(2)16(26(33)35-23)5-7-24(30)27-19(25(31)32)8-15-4-6-20(28)21(29)9-15/h4,6,9-11,19,28-29H,5,7-8H2,1-3H3,(H,27,30)(H,31,32)/t19-/m1/s1. The molecule has 0 saturated carbocycles. The van der Waals surface area contributed by atoms with Gasteiger partial charge in [-0.2, -0.15) is 0 Å². The molecule has 0 spiro atoms. The molecule has 4 aromatic rings. The first-order valence-corrected chi connectivity index (χ1v) is 11.0. The number of aliphatic carboxylic acids is 1. The number of phenols is 2. The molecular weight excluding hydrogens is 454 g/mol. The number of furan rings is 1. The molecule has 35 heavy (non-hydrogen) atoms. The Labute approximate surface area is 199 Å². The van der Waals surface area contributed by atoms with E-state index in [4.69, 9.17) is 8.83 Å². The maximum atomic E-state index is 12.6. The highest BCUT2D eigenvalue weighted by Gasteiger charge is 2.22. The van der Waals surface area contributed by atoms with Crippen molar-refractivity contribution in [1.82, 2.24) is 5.32 Å². The van der Waals surface area contributed by atoms with Crippen LogP contribution in [0, 0.1) is 20.8 Å². The second kappa shape index (κ2) is 9.17. The van der Waals surface area contributed by atoms with Gasteiger partial charge in [-0.3, -0.25) is 4.79 Å². The Morgan fingerprint density at radius 3 is 2.31 bits per heavy atom. The second-order valence-corrected chi connectivity index (χ2v) is 8.61. The zero-order chi connectivity index (χ0) is 25.4. The van der Waals surface area contributed by atoms with Crippen LogP contribution in [0.25, 0.3) is 21.9 Å². The highest BCUT2D eigenvalue weighted by Crippen LogP contribution is 2.31. The summed E-state index contributed by atoms with van der Waals surface area (Å²) in [5.41, 5.74) is 2.93. The van der Waals surface area contributed by atoms with Crippen LogP contribution in [0.3, 0.4) is 0 Å². The topological polar surface area (TPSA) is 150 Å². The number of phenolic OH excluding ortho intramolecular Hbond substituents is 2. The molecule has 1 atom stereocenters. The van der Waals surface area contributed by atoms with E-state index in [0.717, 1.165) is 22.1 Å². The number of fused-ring (bicyclic) bond motifs is 2. The minimum Gasteiger partial charge on any atom is -0.504 e. The zero-order valence-electron chi connectivity index (χ0n) is 19.5. The number of nitrogens with one attached hydrogen (secondary N) is 1. The van der Waals surface area contributed by atoms with Gasteiger partial charge in [0.25, 0.3) is 0 Å². The smallest absolute Gasteiger partial charge is 0.339 e. The summed E-state index contributed by atoms with van der Waals surface area (Å²) in [5.74, 6) is -1.72. The van der Waals surface area contributed by atoms with Crippen molar-refractivity contribution in [3.63, 3.8) is 0 Å². The van der Waals surface area contributed by atoms with Gasteiger partial charge in [0.2, 0.25) is 5.91 Å². The summed E-state index contributed by atoms with van der Waals surface area (Å²) in [4.78, 5) is 36.8. The maximum Gasteiger partial charge on any atom is 0.339 e. The van der Waals surface area contributed by atoms with Gasteiger partial charge in [-0.1, -0.05) is 6.07 Å². The number of carbonyl (C=O) groups is 2. The Kier molecular flexibility index (Phi) is 6.26. The molecule has 0 fully saturated rings. The van der Waals surface area contributed by atoms with E-state index in [-0.39, 0.29) is 30.8 Å². The summed E-state index contributed by atoms with van der Waals surface area (Å²) in [7, 11) is 0. The van der Waals surface area contributed by atoms with Crippen LogP contribution in [0.2, 0.25) is 0 Å². The van der Waals surface area contributed by atoms with Crippen LogP contribution in [0.15, 0.2) is 44.0 Å². The molecule has 0 radical (unpaired) electrons. The van der Waals surface area contributed by atoms with Crippen molar-refractivity contribution in [3.05, 3.63) is 68.8 Å². The lowest BCUT2D eigenvalue weighted by atomic mass is 10.00. The van der Waals surface area contributed by atoms with E-state index in [1.54, 1.807) is 13.0 Å². The molecule has 2 aromatic heterocycles. The third kappa shape index (κ3) is 4.70. The average molecular weight is 479 g/mol. The number of benzene rings is 2. The quantitative estimate of drug-likeness (QED) is 0.232. The summed E-state index contributed by atoms with van der Waals surface area (Å²) in [5, 5.41) is 32.7. The van der Waals surface area contributed by atoms with Crippen LogP contribution in [-0.4, -0.2) is 33.2 Å². The van der Waals surface area contributed by atoms with Crippen LogP contribution in [0.4, 0.5) is 0 Å². The van der Waals surface area contributed by atoms with Crippen molar-refractivity contribution < 1.29 is 33.7 Å². The second-order valence-electron chi connectivity index (χ2n) is 8.61. The fourth-order valence-corrected chi connectivity index (χ4v) is 4.15. The van der Waals surface area contributed by atoms with Crippen molar-refractivity contribution in [3.8, 4) is 11.5 Å². The van der Waals surface area contributed by atoms with Gasteiger partial charge in [-0.15, -0.1) is 0 Å². The van der Waals surface area contributed by atoms with Crippen LogP contribution in [0.1, 0.15) is 34.4 Å². The molecule has 4 N–H and O–H groups in total. The van der Waals surface area contributed by atoms with Crippen molar-refractivity contribution >= 4 is 33.8 Å². The van der Waals surface area contributed by atoms with Gasteiger partial charge >= 0.3 is 11.6 Å². The Hall–Kier alpha value is -4.27. The highest BCUT2D eigenvalue weighted by atomic mass is 16.4. The minimum atomic E-state index is -1.25. The molecule has 182 valence electrons. The van der Waals surface area contributed by atoms with E-state index >= 15 is 0 Å². The Balaban J connectivity index is 1.52. The molecule has 9 heteroatoms.